The Labute approximate surface area is 160 Å². The SMILES string of the molecule is CCOC(=O)CN1/C(=C2\N=C(c3ccccc3)OC2=O)Sc2ccccc21. The van der Waals surface area contributed by atoms with Gasteiger partial charge in [0.05, 0.1) is 12.3 Å². The number of anilines is 1. The van der Waals surface area contributed by atoms with Crippen LogP contribution in [0.1, 0.15) is 12.5 Å². The number of esters is 2. The minimum absolute atomic E-state index is 0.000156. The number of fused-ring (bicyclic) bond motifs is 1. The van der Waals surface area contributed by atoms with Crippen LogP contribution in [0.15, 0.2) is 75.2 Å². The molecule has 2 aliphatic rings. The number of benzene rings is 2. The van der Waals surface area contributed by atoms with E-state index in [1.54, 1.807) is 11.8 Å². The van der Waals surface area contributed by atoms with E-state index >= 15 is 0 Å². The van der Waals surface area contributed by atoms with E-state index in [1.807, 2.05) is 54.6 Å². The molecule has 6 nitrogen and oxygen atoms in total. The summed E-state index contributed by atoms with van der Waals surface area (Å²) >= 11 is 1.39. The summed E-state index contributed by atoms with van der Waals surface area (Å²) in [6.45, 7) is 2.06. The minimum Gasteiger partial charge on any atom is -0.465 e. The number of ether oxygens (including phenoxy) is 2. The van der Waals surface area contributed by atoms with Gasteiger partial charge in [-0.1, -0.05) is 42.1 Å². The molecule has 0 unspecified atom stereocenters. The van der Waals surface area contributed by atoms with Crippen molar-refractivity contribution in [1.82, 2.24) is 0 Å². The van der Waals surface area contributed by atoms with Gasteiger partial charge in [-0.3, -0.25) is 4.79 Å². The van der Waals surface area contributed by atoms with E-state index in [0.717, 1.165) is 16.1 Å². The van der Waals surface area contributed by atoms with Crippen LogP contribution >= 0.6 is 11.8 Å². The van der Waals surface area contributed by atoms with Crippen molar-refractivity contribution >= 4 is 35.3 Å². The molecule has 0 aromatic heterocycles. The second-order valence-electron chi connectivity index (χ2n) is 5.79. The van der Waals surface area contributed by atoms with E-state index in [-0.39, 0.29) is 24.1 Å². The zero-order valence-electron chi connectivity index (χ0n) is 14.5. The lowest BCUT2D eigenvalue weighted by atomic mass is 10.2. The van der Waals surface area contributed by atoms with Crippen LogP contribution in [0.3, 0.4) is 0 Å². The maximum Gasteiger partial charge on any atom is 0.366 e. The monoisotopic (exact) mass is 380 g/mol. The summed E-state index contributed by atoms with van der Waals surface area (Å²) in [4.78, 5) is 31.7. The van der Waals surface area contributed by atoms with Gasteiger partial charge in [0.2, 0.25) is 5.90 Å². The van der Waals surface area contributed by atoms with Gasteiger partial charge in [0.25, 0.3) is 0 Å². The summed E-state index contributed by atoms with van der Waals surface area (Å²) in [5.74, 6) is -0.639. The largest absolute Gasteiger partial charge is 0.465 e. The molecule has 2 aliphatic heterocycles. The van der Waals surface area contributed by atoms with Gasteiger partial charge in [0.1, 0.15) is 11.6 Å². The van der Waals surface area contributed by atoms with Crippen LogP contribution in [0.25, 0.3) is 0 Å². The number of carbonyl (C=O) groups excluding carboxylic acids is 2. The van der Waals surface area contributed by atoms with Crippen LogP contribution < -0.4 is 4.90 Å². The number of thioether (sulfide) groups is 1. The van der Waals surface area contributed by atoms with E-state index in [0.29, 0.717) is 11.6 Å². The molecule has 4 rings (SSSR count). The molecule has 0 atom stereocenters. The predicted octanol–water partition coefficient (Wildman–Crippen LogP) is 3.33. The van der Waals surface area contributed by atoms with Crippen molar-refractivity contribution in [2.75, 3.05) is 18.1 Å². The van der Waals surface area contributed by atoms with Gasteiger partial charge in [-0.25, -0.2) is 9.79 Å². The van der Waals surface area contributed by atoms with Crippen molar-refractivity contribution in [3.63, 3.8) is 0 Å². The van der Waals surface area contributed by atoms with E-state index in [2.05, 4.69) is 4.99 Å². The molecule has 2 heterocycles. The first kappa shape index (κ1) is 17.4. The summed E-state index contributed by atoms with van der Waals surface area (Å²) < 4.78 is 10.5. The zero-order chi connectivity index (χ0) is 18.8. The average molecular weight is 380 g/mol. The Morgan fingerprint density at radius 3 is 2.67 bits per heavy atom. The third kappa shape index (κ3) is 3.33. The number of hydrogen-bond donors (Lipinski definition) is 0. The second-order valence-corrected chi connectivity index (χ2v) is 6.82. The van der Waals surface area contributed by atoms with Crippen molar-refractivity contribution < 1.29 is 19.1 Å². The molecular weight excluding hydrogens is 364 g/mol. The van der Waals surface area contributed by atoms with Crippen LogP contribution in [-0.2, 0) is 19.1 Å². The molecule has 0 saturated heterocycles. The van der Waals surface area contributed by atoms with E-state index in [4.69, 9.17) is 9.47 Å². The zero-order valence-corrected chi connectivity index (χ0v) is 15.4. The van der Waals surface area contributed by atoms with Crippen molar-refractivity contribution in [2.45, 2.75) is 11.8 Å². The molecule has 0 radical (unpaired) electrons. The lowest BCUT2D eigenvalue weighted by molar-refractivity contribution is -0.141. The molecule has 0 bridgehead atoms. The van der Waals surface area contributed by atoms with Gasteiger partial charge in [0, 0.05) is 10.5 Å². The first-order valence-electron chi connectivity index (χ1n) is 8.48. The summed E-state index contributed by atoms with van der Waals surface area (Å²) in [7, 11) is 0. The Kier molecular flexibility index (Phi) is 4.68. The fourth-order valence-electron chi connectivity index (χ4n) is 2.85. The fourth-order valence-corrected chi connectivity index (χ4v) is 3.99. The van der Waals surface area contributed by atoms with Crippen LogP contribution in [-0.4, -0.2) is 31.0 Å². The van der Waals surface area contributed by atoms with Crippen LogP contribution in [0.4, 0.5) is 5.69 Å². The third-order valence-corrected chi connectivity index (χ3v) is 5.19. The molecule has 0 saturated carbocycles. The van der Waals surface area contributed by atoms with Crippen molar-refractivity contribution in [3.05, 3.63) is 70.9 Å². The Bertz CT molecular complexity index is 969. The summed E-state index contributed by atoms with van der Waals surface area (Å²) in [6, 6.07) is 16.9. The molecule has 0 fully saturated rings. The maximum atomic E-state index is 12.5. The molecule has 0 aliphatic carbocycles. The van der Waals surface area contributed by atoms with E-state index < -0.39 is 5.97 Å². The number of aliphatic imine (C=N–C) groups is 1. The van der Waals surface area contributed by atoms with Crippen molar-refractivity contribution in [1.29, 1.82) is 0 Å². The molecule has 0 amide bonds. The Morgan fingerprint density at radius 1 is 1.15 bits per heavy atom. The van der Waals surface area contributed by atoms with Gasteiger partial charge in [-0.15, -0.1) is 0 Å². The number of para-hydroxylation sites is 1. The van der Waals surface area contributed by atoms with Gasteiger partial charge in [-0.2, -0.15) is 0 Å². The molecule has 7 heteroatoms. The predicted molar refractivity (Wildman–Crippen MR) is 102 cm³/mol. The van der Waals surface area contributed by atoms with Crippen LogP contribution in [0.5, 0.6) is 0 Å². The Balaban J connectivity index is 1.75. The molecular formula is C20H16N2O4S. The number of carbonyl (C=O) groups is 2. The number of rotatable bonds is 4. The maximum absolute atomic E-state index is 12.5. The van der Waals surface area contributed by atoms with Gasteiger partial charge in [-0.05, 0) is 31.2 Å². The Morgan fingerprint density at radius 2 is 1.89 bits per heavy atom. The van der Waals surface area contributed by atoms with Crippen LogP contribution in [0.2, 0.25) is 0 Å². The standard InChI is InChI=1S/C20H16N2O4S/c1-2-25-16(23)12-22-14-10-6-7-11-15(14)27-19(22)17-20(24)26-18(21-17)13-8-4-3-5-9-13/h3-11H,2,12H2,1H3/b19-17+. The average Bonchev–Trinajstić information content (AvgIpc) is 3.23. The highest BCUT2D eigenvalue weighted by Gasteiger charge is 2.36. The highest BCUT2D eigenvalue weighted by molar-refractivity contribution is 8.03. The van der Waals surface area contributed by atoms with E-state index in [1.165, 1.54) is 11.8 Å². The normalized spacial score (nSPS) is 18.2. The Hall–Kier alpha value is -3.06. The third-order valence-electron chi connectivity index (χ3n) is 4.02. The van der Waals surface area contributed by atoms with Gasteiger partial charge in [0.15, 0.2) is 5.70 Å². The summed E-state index contributed by atoms with van der Waals surface area (Å²) in [5, 5.41) is 0.570. The topological polar surface area (TPSA) is 68.2 Å². The summed E-state index contributed by atoms with van der Waals surface area (Å²) in [6.07, 6.45) is 0. The van der Waals surface area contributed by atoms with Gasteiger partial charge < -0.3 is 14.4 Å². The van der Waals surface area contributed by atoms with E-state index in [9.17, 15) is 9.59 Å². The van der Waals surface area contributed by atoms with Gasteiger partial charge >= 0.3 is 11.9 Å². The molecule has 27 heavy (non-hydrogen) atoms. The summed E-state index contributed by atoms with van der Waals surface area (Å²) in [5.41, 5.74) is 1.76. The number of cyclic esters (lactones) is 1. The number of nitrogens with zero attached hydrogens (tertiary/aromatic N) is 2. The quantitative estimate of drug-likeness (QED) is 0.599. The van der Waals surface area contributed by atoms with Crippen molar-refractivity contribution in [2.24, 2.45) is 4.99 Å². The second kappa shape index (κ2) is 7.28. The molecule has 136 valence electrons. The lowest BCUT2D eigenvalue weighted by Crippen LogP contribution is -2.28. The first-order valence-corrected chi connectivity index (χ1v) is 9.29. The molecule has 2 aromatic rings. The molecule has 2 aromatic carbocycles. The smallest absolute Gasteiger partial charge is 0.366 e. The van der Waals surface area contributed by atoms with Crippen molar-refractivity contribution in [3.8, 4) is 0 Å². The lowest BCUT2D eigenvalue weighted by Gasteiger charge is -2.19. The molecule has 0 N–H and O–H groups in total. The minimum atomic E-state index is -0.530. The highest BCUT2D eigenvalue weighted by atomic mass is 32.2. The van der Waals surface area contributed by atoms with Crippen LogP contribution in [0, 0.1) is 0 Å². The highest BCUT2D eigenvalue weighted by Crippen LogP contribution is 2.47. The number of hydrogen-bond acceptors (Lipinski definition) is 7. The first-order chi connectivity index (χ1) is 13.2. The molecule has 0 spiro atoms. The fraction of sp³-hybridized carbons (Fsp3) is 0.150.